The normalized spacial score (nSPS) is 15.9. The van der Waals surface area contributed by atoms with E-state index in [9.17, 15) is 9.59 Å². The number of nitrogens with one attached hydrogen (secondary N) is 2. The van der Waals surface area contributed by atoms with Gasteiger partial charge in [0.1, 0.15) is 0 Å². The molecule has 0 aromatic carbocycles. The number of hydrogen-bond acceptors (Lipinski definition) is 3. The highest BCUT2D eigenvalue weighted by atomic mass is 16.5. The summed E-state index contributed by atoms with van der Waals surface area (Å²) in [5.41, 5.74) is 0. The van der Waals surface area contributed by atoms with Crippen LogP contribution in [0.25, 0.3) is 0 Å². The van der Waals surface area contributed by atoms with Gasteiger partial charge in [-0.15, -0.1) is 0 Å². The second-order valence-corrected chi connectivity index (χ2v) is 5.74. The van der Waals surface area contributed by atoms with Gasteiger partial charge in [0, 0.05) is 19.2 Å². The van der Waals surface area contributed by atoms with Gasteiger partial charge in [0.2, 0.25) is 0 Å². The molecule has 0 spiro atoms. The van der Waals surface area contributed by atoms with Gasteiger partial charge in [0.15, 0.2) is 0 Å². The average molecular weight is 286 g/mol. The lowest BCUT2D eigenvalue weighted by Gasteiger charge is -2.16. The topological polar surface area (TPSA) is 87.7 Å². The Hall–Kier alpha value is -1.30. The maximum atomic E-state index is 11.6. The van der Waals surface area contributed by atoms with Crippen LogP contribution in [0, 0.1) is 11.8 Å². The van der Waals surface area contributed by atoms with Crippen molar-refractivity contribution in [1.82, 2.24) is 10.6 Å². The molecular formula is C14H26N2O4. The minimum atomic E-state index is -0.876. The van der Waals surface area contributed by atoms with Crippen molar-refractivity contribution in [2.45, 2.75) is 45.6 Å². The summed E-state index contributed by atoms with van der Waals surface area (Å²) in [6.07, 6.45) is 2.99. The van der Waals surface area contributed by atoms with Crippen LogP contribution in [0.3, 0.4) is 0 Å². The van der Waals surface area contributed by atoms with Crippen molar-refractivity contribution >= 4 is 12.0 Å². The summed E-state index contributed by atoms with van der Waals surface area (Å²) in [5, 5.41) is 14.2. The number of aliphatic carboxylic acids is 1. The van der Waals surface area contributed by atoms with Gasteiger partial charge in [-0.2, -0.15) is 0 Å². The molecule has 2 amide bonds. The molecule has 0 radical (unpaired) electrons. The number of carbonyl (C=O) groups is 2. The molecule has 1 saturated carbocycles. The number of hydrogen-bond donors (Lipinski definition) is 3. The number of carboxylic acids is 1. The van der Waals surface area contributed by atoms with Crippen LogP contribution in [0.4, 0.5) is 4.79 Å². The summed E-state index contributed by atoms with van der Waals surface area (Å²) in [5.74, 6) is 0.0555. The summed E-state index contributed by atoms with van der Waals surface area (Å²) in [7, 11) is 0. The lowest BCUT2D eigenvalue weighted by atomic mass is 10.1. The van der Waals surface area contributed by atoms with E-state index in [4.69, 9.17) is 9.84 Å². The van der Waals surface area contributed by atoms with Crippen molar-refractivity contribution < 1.29 is 19.4 Å². The van der Waals surface area contributed by atoms with Crippen molar-refractivity contribution in [2.75, 3.05) is 19.8 Å². The molecule has 0 bridgehead atoms. The van der Waals surface area contributed by atoms with Crippen molar-refractivity contribution in [3.05, 3.63) is 0 Å². The zero-order valence-corrected chi connectivity index (χ0v) is 12.4. The molecule has 116 valence electrons. The molecule has 6 nitrogen and oxygen atoms in total. The minimum absolute atomic E-state index is 0.0109. The smallest absolute Gasteiger partial charge is 0.315 e. The first-order valence-electron chi connectivity index (χ1n) is 7.33. The van der Waals surface area contributed by atoms with Crippen LogP contribution in [0.15, 0.2) is 0 Å². The molecule has 20 heavy (non-hydrogen) atoms. The second-order valence-electron chi connectivity index (χ2n) is 5.74. The first kappa shape index (κ1) is 16.8. The van der Waals surface area contributed by atoms with Gasteiger partial charge in [0.25, 0.3) is 0 Å². The van der Waals surface area contributed by atoms with E-state index in [1.807, 2.05) is 0 Å². The third-order valence-corrected chi connectivity index (χ3v) is 3.27. The molecule has 1 atom stereocenters. The Morgan fingerprint density at radius 2 is 2.00 bits per heavy atom. The largest absolute Gasteiger partial charge is 0.481 e. The minimum Gasteiger partial charge on any atom is -0.481 e. The Morgan fingerprint density at radius 3 is 2.55 bits per heavy atom. The van der Waals surface area contributed by atoms with Gasteiger partial charge < -0.3 is 20.5 Å². The molecule has 1 unspecified atom stereocenters. The maximum absolute atomic E-state index is 11.6. The van der Waals surface area contributed by atoms with Crippen LogP contribution in [-0.4, -0.2) is 42.9 Å². The molecule has 1 rings (SSSR count). The lowest BCUT2D eigenvalue weighted by molar-refractivity contribution is -0.137. The van der Waals surface area contributed by atoms with E-state index < -0.39 is 5.97 Å². The van der Waals surface area contributed by atoms with E-state index >= 15 is 0 Å². The van der Waals surface area contributed by atoms with Gasteiger partial charge in [-0.3, -0.25) is 4.79 Å². The number of carboxylic acid groups (broad SMARTS) is 1. The van der Waals surface area contributed by atoms with Crippen molar-refractivity contribution in [2.24, 2.45) is 11.8 Å². The summed E-state index contributed by atoms with van der Waals surface area (Å²) < 4.78 is 5.39. The SMILES string of the molecule is CC(C)CCOCCNC(=O)NC(CC(=O)O)C1CC1. The highest BCUT2D eigenvalue weighted by molar-refractivity contribution is 5.75. The van der Waals surface area contributed by atoms with Crippen LogP contribution in [-0.2, 0) is 9.53 Å². The summed E-state index contributed by atoms with van der Waals surface area (Å²) >= 11 is 0. The van der Waals surface area contributed by atoms with Crippen LogP contribution in [0.5, 0.6) is 0 Å². The van der Waals surface area contributed by atoms with Gasteiger partial charge in [-0.25, -0.2) is 4.79 Å². The van der Waals surface area contributed by atoms with E-state index in [0.717, 1.165) is 19.3 Å². The molecular weight excluding hydrogens is 260 g/mol. The summed E-state index contributed by atoms with van der Waals surface area (Å²) in [6, 6.07) is -0.565. The van der Waals surface area contributed by atoms with E-state index in [-0.39, 0.29) is 18.5 Å². The molecule has 0 aliphatic heterocycles. The molecule has 0 aromatic rings. The van der Waals surface area contributed by atoms with Gasteiger partial charge in [0.05, 0.1) is 13.0 Å². The Morgan fingerprint density at radius 1 is 1.30 bits per heavy atom. The second kappa shape index (κ2) is 8.79. The van der Waals surface area contributed by atoms with Gasteiger partial charge >= 0.3 is 12.0 Å². The van der Waals surface area contributed by atoms with Crippen LogP contribution < -0.4 is 10.6 Å². The number of amides is 2. The monoisotopic (exact) mass is 286 g/mol. The highest BCUT2D eigenvalue weighted by Crippen LogP contribution is 2.33. The molecule has 0 aromatic heterocycles. The number of urea groups is 1. The molecule has 3 N–H and O–H groups in total. The third-order valence-electron chi connectivity index (χ3n) is 3.27. The lowest BCUT2D eigenvalue weighted by Crippen LogP contribution is -2.45. The fourth-order valence-corrected chi connectivity index (χ4v) is 1.90. The number of carbonyl (C=O) groups excluding carboxylic acids is 1. The van der Waals surface area contributed by atoms with E-state index in [1.54, 1.807) is 0 Å². The van der Waals surface area contributed by atoms with E-state index in [1.165, 1.54) is 0 Å². The third kappa shape index (κ3) is 7.99. The number of rotatable bonds is 10. The summed E-state index contributed by atoms with van der Waals surface area (Å²) in [4.78, 5) is 22.4. The fourth-order valence-electron chi connectivity index (χ4n) is 1.90. The van der Waals surface area contributed by atoms with Gasteiger partial charge in [-0.05, 0) is 31.1 Å². The molecule has 0 heterocycles. The maximum Gasteiger partial charge on any atom is 0.315 e. The Labute approximate surface area is 120 Å². The molecule has 6 heteroatoms. The van der Waals surface area contributed by atoms with E-state index in [2.05, 4.69) is 24.5 Å². The molecule has 1 fully saturated rings. The first-order chi connectivity index (χ1) is 9.49. The zero-order chi connectivity index (χ0) is 15.0. The van der Waals surface area contributed by atoms with Gasteiger partial charge in [-0.1, -0.05) is 13.8 Å². The zero-order valence-electron chi connectivity index (χ0n) is 12.4. The Bertz CT molecular complexity index is 316. The fraction of sp³-hybridized carbons (Fsp3) is 0.857. The Balaban J connectivity index is 2.07. The predicted octanol–water partition coefficient (Wildman–Crippen LogP) is 1.60. The quantitative estimate of drug-likeness (QED) is 0.532. The van der Waals surface area contributed by atoms with Crippen molar-refractivity contribution in [3.8, 4) is 0 Å². The van der Waals surface area contributed by atoms with Crippen molar-refractivity contribution in [3.63, 3.8) is 0 Å². The Kier molecular flexibility index (Phi) is 7.36. The van der Waals surface area contributed by atoms with E-state index in [0.29, 0.717) is 31.6 Å². The van der Waals surface area contributed by atoms with Crippen molar-refractivity contribution in [1.29, 1.82) is 0 Å². The first-order valence-corrected chi connectivity index (χ1v) is 7.33. The van der Waals surface area contributed by atoms with Crippen LogP contribution in [0.1, 0.15) is 39.5 Å². The predicted molar refractivity (Wildman–Crippen MR) is 75.6 cm³/mol. The molecule has 1 aliphatic carbocycles. The number of ether oxygens (including phenoxy) is 1. The molecule has 1 aliphatic rings. The van der Waals surface area contributed by atoms with Crippen LogP contribution >= 0.6 is 0 Å². The van der Waals surface area contributed by atoms with Crippen LogP contribution in [0.2, 0.25) is 0 Å². The molecule has 0 saturated heterocycles. The average Bonchev–Trinajstić information content (AvgIpc) is 3.15. The highest BCUT2D eigenvalue weighted by Gasteiger charge is 2.33. The summed E-state index contributed by atoms with van der Waals surface area (Å²) in [6.45, 7) is 5.89. The standard InChI is InChI=1S/C14H26N2O4/c1-10(2)5-7-20-8-6-15-14(19)16-12(9-13(17)18)11-3-4-11/h10-12H,3-9H2,1-2H3,(H,17,18)(H2,15,16,19).